The summed E-state index contributed by atoms with van der Waals surface area (Å²) in [4.78, 5) is 15.5. The highest BCUT2D eigenvalue weighted by Crippen LogP contribution is 2.25. The first-order chi connectivity index (χ1) is 7.56. The van der Waals surface area contributed by atoms with Crippen LogP contribution in [0.15, 0.2) is 23.6 Å². The van der Waals surface area contributed by atoms with Crippen LogP contribution in [0.4, 0.5) is 0 Å². The quantitative estimate of drug-likeness (QED) is 0.739. The van der Waals surface area contributed by atoms with Gasteiger partial charge in [0.2, 0.25) is 0 Å². The van der Waals surface area contributed by atoms with E-state index < -0.39 is 0 Å². The SMILES string of the molecule is CC(=O)c1csc(-c2cc(C)cc(C)c2)n1. The lowest BCUT2D eigenvalue weighted by Crippen LogP contribution is -1.91. The number of hydrogen-bond donors (Lipinski definition) is 0. The van der Waals surface area contributed by atoms with Crippen molar-refractivity contribution in [2.24, 2.45) is 0 Å². The number of ketones is 1. The first-order valence-electron chi connectivity index (χ1n) is 5.11. The summed E-state index contributed by atoms with van der Waals surface area (Å²) < 4.78 is 0. The van der Waals surface area contributed by atoms with E-state index >= 15 is 0 Å². The molecule has 1 aromatic carbocycles. The monoisotopic (exact) mass is 231 g/mol. The molecule has 1 heterocycles. The summed E-state index contributed by atoms with van der Waals surface area (Å²) in [5, 5.41) is 2.73. The van der Waals surface area contributed by atoms with E-state index in [1.807, 2.05) is 5.38 Å². The van der Waals surface area contributed by atoms with E-state index in [2.05, 4.69) is 37.0 Å². The van der Waals surface area contributed by atoms with Crippen molar-refractivity contribution >= 4 is 17.1 Å². The molecule has 0 amide bonds. The highest BCUT2D eigenvalue weighted by Gasteiger charge is 2.08. The lowest BCUT2D eigenvalue weighted by molar-refractivity contribution is 0.101. The van der Waals surface area contributed by atoms with Crippen molar-refractivity contribution < 1.29 is 4.79 Å². The molecule has 2 rings (SSSR count). The van der Waals surface area contributed by atoms with Gasteiger partial charge in [0.1, 0.15) is 10.7 Å². The number of thiazole rings is 1. The Morgan fingerprint density at radius 1 is 1.19 bits per heavy atom. The summed E-state index contributed by atoms with van der Waals surface area (Å²) in [6.45, 7) is 5.67. The standard InChI is InChI=1S/C13H13NOS/c1-8-4-9(2)6-11(5-8)13-14-12(7-16-13)10(3)15/h4-7H,1-3H3. The lowest BCUT2D eigenvalue weighted by Gasteiger charge is -2.01. The molecule has 0 unspecified atom stereocenters. The molecule has 1 aromatic heterocycles. The van der Waals surface area contributed by atoms with E-state index in [-0.39, 0.29) is 5.78 Å². The minimum absolute atomic E-state index is 0.0203. The van der Waals surface area contributed by atoms with Gasteiger partial charge in [0.15, 0.2) is 5.78 Å². The van der Waals surface area contributed by atoms with Gasteiger partial charge in [-0.05, 0) is 26.0 Å². The second kappa shape index (κ2) is 4.18. The van der Waals surface area contributed by atoms with Crippen molar-refractivity contribution in [1.82, 2.24) is 4.98 Å². The summed E-state index contributed by atoms with van der Waals surface area (Å²) in [7, 11) is 0. The molecule has 0 bridgehead atoms. The molecule has 0 N–H and O–H groups in total. The third kappa shape index (κ3) is 2.19. The molecule has 0 spiro atoms. The summed E-state index contributed by atoms with van der Waals surface area (Å²) in [6, 6.07) is 6.31. The molecule has 3 heteroatoms. The minimum Gasteiger partial charge on any atom is -0.293 e. The number of rotatable bonds is 2. The van der Waals surface area contributed by atoms with Crippen LogP contribution in [0.2, 0.25) is 0 Å². The molecule has 0 aliphatic carbocycles. The Hall–Kier alpha value is -1.48. The van der Waals surface area contributed by atoms with Gasteiger partial charge < -0.3 is 0 Å². The van der Waals surface area contributed by atoms with Crippen LogP contribution in [-0.2, 0) is 0 Å². The molecule has 0 radical (unpaired) electrons. The first-order valence-corrected chi connectivity index (χ1v) is 5.99. The third-order valence-electron chi connectivity index (χ3n) is 2.33. The zero-order chi connectivity index (χ0) is 11.7. The van der Waals surface area contributed by atoms with E-state index in [4.69, 9.17) is 0 Å². The number of carbonyl (C=O) groups excluding carboxylic acids is 1. The first kappa shape index (κ1) is 11.0. The van der Waals surface area contributed by atoms with Gasteiger partial charge in [-0.2, -0.15) is 0 Å². The van der Waals surface area contributed by atoms with Gasteiger partial charge in [-0.25, -0.2) is 4.98 Å². The largest absolute Gasteiger partial charge is 0.293 e. The van der Waals surface area contributed by atoms with Gasteiger partial charge in [0.05, 0.1) is 0 Å². The molecular formula is C13H13NOS. The number of aromatic nitrogens is 1. The smallest absolute Gasteiger partial charge is 0.178 e. The average Bonchev–Trinajstić information content (AvgIpc) is 2.64. The lowest BCUT2D eigenvalue weighted by atomic mass is 10.1. The van der Waals surface area contributed by atoms with E-state index in [9.17, 15) is 4.79 Å². The Kier molecular flexibility index (Phi) is 2.88. The highest BCUT2D eigenvalue weighted by molar-refractivity contribution is 7.13. The maximum atomic E-state index is 11.2. The summed E-state index contributed by atoms with van der Waals surface area (Å²) in [5.41, 5.74) is 4.08. The van der Waals surface area contributed by atoms with Crippen LogP contribution in [0.5, 0.6) is 0 Å². The van der Waals surface area contributed by atoms with E-state index in [1.54, 1.807) is 6.92 Å². The fourth-order valence-corrected chi connectivity index (χ4v) is 2.51. The van der Waals surface area contributed by atoms with Crippen molar-refractivity contribution in [2.45, 2.75) is 20.8 Å². The van der Waals surface area contributed by atoms with Crippen molar-refractivity contribution in [3.05, 3.63) is 40.4 Å². The summed E-state index contributed by atoms with van der Waals surface area (Å²) in [6.07, 6.45) is 0. The molecular weight excluding hydrogens is 218 g/mol. The van der Waals surface area contributed by atoms with Gasteiger partial charge in [-0.15, -0.1) is 11.3 Å². The number of nitrogens with zero attached hydrogens (tertiary/aromatic N) is 1. The van der Waals surface area contributed by atoms with Crippen LogP contribution in [0.3, 0.4) is 0 Å². The number of Topliss-reactive ketones (excluding diaryl/α,β-unsaturated/α-hetero) is 1. The second-order valence-electron chi connectivity index (χ2n) is 3.97. The van der Waals surface area contributed by atoms with Crippen LogP contribution in [0.25, 0.3) is 10.6 Å². The fourth-order valence-electron chi connectivity index (χ4n) is 1.67. The molecule has 0 saturated heterocycles. The number of aryl methyl sites for hydroxylation is 2. The van der Waals surface area contributed by atoms with Crippen LogP contribution in [0, 0.1) is 13.8 Å². The normalized spacial score (nSPS) is 10.4. The summed E-state index contributed by atoms with van der Waals surface area (Å²) in [5.74, 6) is 0.0203. The van der Waals surface area contributed by atoms with Gasteiger partial charge in [0.25, 0.3) is 0 Å². The molecule has 0 fully saturated rings. The number of hydrogen-bond acceptors (Lipinski definition) is 3. The maximum Gasteiger partial charge on any atom is 0.178 e. The molecule has 2 nitrogen and oxygen atoms in total. The Morgan fingerprint density at radius 2 is 1.81 bits per heavy atom. The van der Waals surface area contributed by atoms with Gasteiger partial charge in [-0.1, -0.05) is 17.2 Å². The van der Waals surface area contributed by atoms with Gasteiger partial charge in [0, 0.05) is 17.9 Å². The van der Waals surface area contributed by atoms with Crippen molar-refractivity contribution in [1.29, 1.82) is 0 Å². The Bertz CT molecular complexity index is 522. The zero-order valence-corrected chi connectivity index (χ0v) is 10.4. The topological polar surface area (TPSA) is 30.0 Å². The van der Waals surface area contributed by atoms with Crippen molar-refractivity contribution in [3.63, 3.8) is 0 Å². The predicted molar refractivity (Wildman–Crippen MR) is 67.0 cm³/mol. The fraction of sp³-hybridized carbons (Fsp3) is 0.231. The van der Waals surface area contributed by atoms with E-state index in [1.165, 1.54) is 22.5 Å². The number of carbonyl (C=O) groups is 1. The number of benzene rings is 1. The Labute approximate surface area is 99.0 Å². The van der Waals surface area contributed by atoms with Gasteiger partial charge in [-0.3, -0.25) is 4.79 Å². The third-order valence-corrected chi connectivity index (χ3v) is 3.22. The Balaban J connectivity index is 2.46. The predicted octanol–water partition coefficient (Wildman–Crippen LogP) is 3.63. The van der Waals surface area contributed by atoms with E-state index in [0.717, 1.165) is 10.6 Å². The molecule has 16 heavy (non-hydrogen) atoms. The van der Waals surface area contributed by atoms with Crippen LogP contribution in [-0.4, -0.2) is 10.8 Å². The molecule has 0 atom stereocenters. The van der Waals surface area contributed by atoms with Crippen molar-refractivity contribution in [2.75, 3.05) is 0 Å². The second-order valence-corrected chi connectivity index (χ2v) is 4.83. The minimum atomic E-state index is 0.0203. The molecule has 0 saturated carbocycles. The molecule has 0 aliphatic rings. The van der Waals surface area contributed by atoms with Crippen LogP contribution in [0.1, 0.15) is 28.5 Å². The Morgan fingerprint density at radius 3 is 2.31 bits per heavy atom. The molecule has 0 aliphatic heterocycles. The maximum absolute atomic E-state index is 11.2. The van der Waals surface area contributed by atoms with Crippen LogP contribution < -0.4 is 0 Å². The molecule has 2 aromatic rings. The summed E-state index contributed by atoms with van der Waals surface area (Å²) >= 11 is 1.52. The zero-order valence-electron chi connectivity index (χ0n) is 9.57. The average molecular weight is 231 g/mol. The van der Waals surface area contributed by atoms with Crippen molar-refractivity contribution in [3.8, 4) is 10.6 Å². The molecule has 82 valence electrons. The highest BCUT2D eigenvalue weighted by atomic mass is 32.1. The van der Waals surface area contributed by atoms with Crippen LogP contribution >= 0.6 is 11.3 Å². The van der Waals surface area contributed by atoms with E-state index in [0.29, 0.717) is 5.69 Å². The van der Waals surface area contributed by atoms with Gasteiger partial charge >= 0.3 is 0 Å².